The van der Waals surface area contributed by atoms with Gasteiger partial charge in [0, 0.05) is 24.0 Å². The molecule has 0 N–H and O–H groups in total. The first-order valence-corrected chi connectivity index (χ1v) is 9.36. The molecule has 120 valence electrons. The van der Waals surface area contributed by atoms with E-state index in [1.807, 2.05) is 6.92 Å². The molecule has 1 rings (SSSR count). The summed E-state index contributed by atoms with van der Waals surface area (Å²) in [7, 11) is -2.16. The molecule has 0 aromatic heterocycles. The molecule has 0 radical (unpaired) electrons. The first-order chi connectivity index (χ1) is 9.61. The quantitative estimate of drug-likeness (QED) is 0.673. The zero-order valence-corrected chi connectivity index (χ0v) is 15.6. The van der Waals surface area contributed by atoms with Crippen molar-refractivity contribution in [2.75, 3.05) is 7.05 Å². The molecule has 1 aromatic rings. The van der Waals surface area contributed by atoms with E-state index in [1.54, 1.807) is 13.1 Å². The first-order valence-electron chi connectivity index (χ1n) is 6.63. The van der Waals surface area contributed by atoms with Crippen molar-refractivity contribution < 1.29 is 8.42 Å². The average molecular weight is 373 g/mol. The fourth-order valence-corrected chi connectivity index (χ4v) is 4.68. The van der Waals surface area contributed by atoms with Crippen LogP contribution in [0.3, 0.4) is 0 Å². The second-order valence-electron chi connectivity index (χ2n) is 5.51. The van der Waals surface area contributed by atoms with E-state index in [2.05, 4.69) is 13.8 Å². The van der Waals surface area contributed by atoms with E-state index in [-0.39, 0.29) is 21.8 Å². The van der Waals surface area contributed by atoms with E-state index < -0.39 is 10.0 Å². The average Bonchev–Trinajstić information content (AvgIpc) is 2.38. The summed E-state index contributed by atoms with van der Waals surface area (Å²) in [5.41, 5.74) is 0.509. The highest BCUT2D eigenvalue weighted by atomic mass is 35.5. The Balaban J connectivity index is 3.28. The van der Waals surface area contributed by atoms with Gasteiger partial charge in [0.1, 0.15) is 4.90 Å². The van der Waals surface area contributed by atoms with Crippen molar-refractivity contribution >= 4 is 44.8 Å². The van der Waals surface area contributed by atoms with Gasteiger partial charge in [-0.15, -0.1) is 11.6 Å². The minimum Gasteiger partial charge on any atom is -0.207 e. The Kier molecular flexibility index (Phi) is 6.81. The minimum atomic E-state index is -3.71. The predicted molar refractivity (Wildman–Crippen MR) is 89.9 cm³/mol. The molecule has 0 aliphatic rings. The third-order valence-corrected chi connectivity index (χ3v) is 6.37. The van der Waals surface area contributed by atoms with E-state index in [0.717, 1.165) is 6.42 Å². The lowest BCUT2D eigenvalue weighted by Crippen LogP contribution is -2.36. The summed E-state index contributed by atoms with van der Waals surface area (Å²) in [5, 5.41) is 0.441. The Hall–Kier alpha value is -0.000000000000000111. The number of halogens is 3. The predicted octanol–water partition coefficient (Wildman–Crippen LogP) is 4.79. The molecule has 0 aliphatic carbocycles. The maximum Gasteiger partial charge on any atom is 0.244 e. The van der Waals surface area contributed by atoms with Crippen molar-refractivity contribution in [1.29, 1.82) is 0 Å². The molecular weight excluding hydrogens is 353 g/mol. The van der Waals surface area contributed by atoms with Crippen LogP contribution in [0.4, 0.5) is 0 Å². The lowest BCUT2D eigenvalue weighted by atomic mass is 10.1. The lowest BCUT2D eigenvalue weighted by molar-refractivity contribution is 0.338. The van der Waals surface area contributed by atoms with E-state index in [9.17, 15) is 8.42 Å². The first kappa shape index (κ1) is 19.0. The number of hydrogen-bond acceptors (Lipinski definition) is 2. The van der Waals surface area contributed by atoms with Gasteiger partial charge in [0.2, 0.25) is 10.0 Å². The second kappa shape index (κ2) is 7.51. The zero-order chi connectivity index (χ0) is 16.4. The Labute approximate surface area is 142 Å². The largest absolute Gasteiger partial charge is 0.244 e. The topological polar surface area (TPSA) is 37.4 Å². The van der Waals surface area contributed by atoms with Gasteiger partial charge in [-0.2, -0.15) is 4.31 Å². The molecule has 0 heterocycles. The summed E-state index contributed by atoms with van der Waals surface area (Å²) >= 11 is 17.9. The van der Waals surface area contributed by atoms with Crippen LogP contribution in [0.25, 0.3) is 0 Å². The summed E-state index contributed by atoms with van der Waals surface area (Å²) in [6, 6.07) is 2.81. The Morgan fingerprint density at radius 3 is 2.24 bits per heavy atom. The number of benzene rings is 1. The molecule has 0 fully saturated rings. The molecule has 1 aromatic carbocycles. The smallest absolute Gasteiger partial charge is 0.207 e. The van der Waals surface area contributed by atoms with Crippen LogP contribution in [0.15, 0.2) is 17.0 Å². The van der Waals surface area contributed by atoms with Crippen molar-refractivity contribution in [2.45, 2.75) is 44.0 Å². The highest BCUT2D eigenvalue weighted by molar-refractivity contribution is 7.89. The van der Waals surface area contributed by atoms with Gasteiger partial charge in [-0.05, 0) is 37.0 Å². The molecule has 0 spiro atoms. The molecule has 0 aliphatic heterocycles. The molecule has 21 heavy (non-hydrogen) atoms. The number of alkyl halides is 1. The van der Waals surface area contributed by atoms with Gasteiger partial charge in [-0.1, -0.05) is 37.0 Å². The maximum absolute atomic E-state index is 12.7. The Morgan fingerprint density at radius 2 is 1.76 bits per heavy atom. The summed E-state index contributed by atoms with van der Waals surface area (Å²) in [6.45, 7) is 5.97. The zero-order valence-electron chi connectivity index (χ0n) is 12.5. The fraction of sp³-hybridized carbons (Fsp3) is 0.571. The van der Waals surface area contributed by atoms with Crippen molar-refractivity contribution in [3.63, 3.8) is 0 Å². The van der Waals surface area contributed by atoms with E-state index in [0.29, 0.717) is 16.5 Å². The van der Waals surface area contributed by atoms with Gasteiger partial charge in [0.25, 0.3) is 0 Å². The molecule has 1 atom stereocenters. The minimum absolute atomic E-state index is 0.00502. The molecule has 0 amide bonds. The molecular formula is C14H20Cl3NO2S. The van der Waals surface area contributed by atoms with E-state index in [4.69, 9.17) is 34.8 Å². The van der Waals surface area contributed by atoms with Crippen LogP contribution in [-0.4, -0.2) is 25.8 Å². The lowest BCUT2D eigenvalue weighted by Gasteiger charge is -2.26. The SMILES string of the molecule is CC(C)CC(C)N(C)S(=O)(=O)c1cc(Cl)cc(CCl)c1Cl. The highest BCUT2D eigenvalue weighted by Crippen LogP contribution is 2.33. The van der Waals surface area contributed by atoms with E-state index in [1.165, 1.54) is 10.4 Å². The molecule has 1 unspecified atom stereocenters. The summed E-state index contributed by atoms with van der Waals surface area (Å²) < 4.78 is 26.8. The van der Waals surface area contributed by atoms with Gasteiger partial charge in [-0.3, -0.25) is 0 Å². The number of nitrogens with zero attached hydrogens (tertiary/aromatic N) is 1. The summed E-state index contributed by atoms with van der Waals surface area (Å²) in [6.07, 6.45) is 0.760. The molecule has 7 heteroatoms. The van der Waals surface area contributed by atoms with Crippen LogP contribution in [0.2, 0.25) is 10.0 Å². The van der Waals surface area contributed by atoms with Crippen LogP contribution < -0.4 is 0 Å². The summed E-state index contributed by atoms with van der Waals surface area (Å²) in [5.74, 6) is 0.499. The van der Waals surface area contributed by atoms with Gasteiger partial charge in [0.15, 0.2) is 0 Å². The standard InChI is InChI=1S/C14H20Cl3NO2S/c1-9(2)5-10(3)18(4)21(19,20)13-7-12(16)6-11(8-15)14(13)17/h6-7,9-10H,5,8H2,1-4H3. The van der Waals surface area contributed by atoms with Crippen molar-refractivity contribution in [3.05, 3.63) is 27.7 Å². The maximum atomic E-state index is 12.7. The van der Waals surface area contributed by atoms with E-state index >= 15 is 0 Å². The normalized spacial score (nSPS) is 14.0. The number of sulfonamides is 1. The van der Waals surface area contributed by atoms with Crippen molar-refractivity contribution in [2.24, 2.45) is 5.92 Å². The van der Waals surface area contributed by atoms with Crippen LogP contribution in [0, 0.1) is 5.92 Å². The number of rotatable bonds is 6. The molecule has 0 saturated carbocycles. The van der Waals surface area contributed by atoms with Crippen molar-refractivity contribution in [3.8, 4) is 0 Å². The van der Waals surface area contributed by atoms with Crippen LogP contribution in [0.1, 0.15) is 32.8 Å². The van der Waals surface area contributed by atoms with Crippen LogP contribution in [0.5, 0.6) is 0 Å². The van der Waals surface area contributed by atoms with Crippen LogP contribution >= 0.6 is 34.8 Å². The van der Waals surface area contributed by atoms with Gasteiger partial charge >= 0.3 is 0 Å². The van der Waals surface area contributed by atoms with Gasteiger partial charge in [0.05, 0.1) is 5.02 Å². The van der Waals surface area contributed by atoms with Gasteiger partial charge in [-0.25, -0.2) is 8.42 Å². The van der Waals surface area contributed by atoms with Crippen LogP contribution in [-0.2, 0) is 15.9 Å². The third kappa shape index (κ3) is 4.49. The summed E-state index contributed by atoms with van der Waals surface area (Å²) in [4.78, 5) is 0.00502. The molecule has 0 bridgehead atoms. The van der Waals surface area contributed by atoms with Gasteiger partial charge < -0.3 is 0 Å². The monoisotopic (exact) mass is 371 g/mol. The molecule has 0 saturated heterocycles. The highest BCUT2D eigenvalue weighted by Gasteiger charge is 2.29. The van der Waals surface area contributed by atoms with Crippen molar-refractivity contribution in [1.82, 2.24) is 4.31 Å². The molecule has 3 nitrogen and oxygen atoms in total. The fourth-order valence-electron chi connectivity index (χ4n) is 2.13. The Bertz CT molecular complexity index is 602. The second-order valence-corrected chi connectivity index (χ2v) is 8.56. The number of hydrogen-bond donors (Lipinski definition) is 0. The third-order valence-electron chi connectivity index (χ3n) is 3.31. The Morgan fingerprint density at radius 1 is 1.19 bits per heavy atom.